The molecule has 0 aliphatic heterocycles. The Hall–Kier alpha value is -0.570. The summed E-state index contributed by atoms with van der Waals surface area (Å²) in [6.45, 7) is 2.89. The summed E-state index contributed by atoms with van der Waals surface area (Å²) in [6.07, 6.45) is 3.51. The second-order valence-corrected chi connectivity index (χ2v) is 1.52. The molecule has 8 heavy (non-hydrogen) atoms. The third-order valence-corrected chi connectivity index (χ3v) is 0.790. The van der Waals surface area contributed by atoms with Crippen LogP contribution < -0.4 is 5.48 Å². The maximum Gasteiger partial charge on any atom is 0.107 e. The van der Waals surface area contributed by atoms with Gasteiger partial charge in [-0.1, -0.05) is 13.3 Å². The summed E-state index contributed by atoms with van der Waals surface area (Å²) in [5.74, 6) is 0. The van der Waals surface area contributed by atoms with Gasteiger partial charge in [-0.05, 0) is 6.42 Å². The lowest BCUT2D eigenvalue weighted by molar-refractivity contribution is 0.239. The van der Waals surface area contributed by atoms with E-state index in [4.69, 9.17) is 5.21 Å². The van der Waals surface area contributed by atoms with Crippen LogP contribution in [-0.4, -0.2) is 18.1 Å². The number of nitrogens with zero attached hydrogens (tertiary/aromatic N) is 1. The zero-order chi connectivity index (χ0) is 6.24. The molecule has 0 saturated carbocycles. The van der Waals surface area contributed by atoms with Gasteiger partial charge in [0.1, 0.15) is 6.34 Å². The van der Waals surface area contributed by atoms with Gasteiger partial charge in [0, 0.05) is 6.54 Å². The minimum Gasteiger partial charge on any atom is -0.290 e. The van der Waals surface area contributed by atoms with Crippen LogP contribution in [0.3, 0.4) is 0 Å². The molecule has 0 aliphatic rings. The fourth-order valence-electron chi connectivity index (χ4n) is 0.355. The van der Waals surface area contributed by atoms with E-state index in [1.165, 1.54) is 6.34 Å². The summed E-state index contributed by atoms with van der Waals surface area (Å²) in [5, 5.41) is 7.97. The van der Waals surface area contributed by atoms with Gasteiger partial charge in [0.15, 0.2) is 0 Å². The van der Waals surface area contributed by atoms with Gasteiger partial charge in [0.2, 0.25) is 0 Å². The van der Waals surface area contributed by atoms with E-state index in [2.05, 4.69) is 11.9 Å². The Morgan fingerprint density at radius 3 is 3.00 bits per heavy atom. The predicted octanol–water partition coefficient (Wildman–Crippen LogP) is 0.794. The molecule has 0 bridgehead atoms. The first-order valence-electron chi connectivity index (χ1n) is 2.79. The quantitative estimate of drug-likeness (QED) is 0.247. The zero-order valence-electron chi connectivity index (χ0n) is 5.09. The Kier molecular flexibility index (Phi) is 5.97. The first-order valence-corrected chi connectivity index (χ1v) is 2.79. The van der Waals surface area contributed by atoms with Crippen LogP contribution in [0.2, 0.25) is 0 Å². The van der Waals surface area contributed by atoms with E-state index in [0.29, 0.717) is 0 Å². The van der Waals surface area contributed by atoms with Crippen LogP contribution in [0.5, 0.6) is 0 Å². The second-order valence-electron chi connectivity index (χ2n) is 1.52. The molecule has 0 spiro atoms. The summed E-state index contributed by atoms with van der Waals surface area (Å²) in [6, 6.07) is 0. The molecule has 3 heteroatoms. The number of hydrogen-bond donors (Lipinski definition) is 2. The van der Waals surface area contributed by atoms with Gasteiger partial charge in [-0.15, -0.1) is 0 Å². The van der Waals surface area contributed by atoms with Crippen molar-refractivity contribution in [3.05, 3.63) is 0 Å². The van der Waals surface area contributed by atoms with Gasteiger partial charge in [-0.2, -0.15) is 0 Å². The fourth-order valence-corrected chi connectivity index (χ4v) is 0.355. The van der Waals surface area contributed by atoms with Crippen molar-refractivity contribution in [1.82, 2.24) is 5.48 Å². The van der Waals surface area contributed by atoms with Crippen LogP contribution in [0, 0.1) is 0 Å². The average molecular weight is 116 g/mol. The SMILES string of the molecule is CCCCN=CNO. The summed E-state index contributed by atoms with van der Waals surface area (Å²) in [4.78, 5) is 3.79. The Balaban J connectivity index is 2.80. The second kappa shape index (κ2) is 6.43. The van der Waals surface area contributed by atoms with Gasteiger partial charge >= 0.3 is 0 Å². The molecule has 0 aromatic rings. The molecule has 2 N–H and O–H groups in total. The first kappa shape index (κ1) is 7.43. The van der Waals surface area contributed by atoms with E-state index in [1.807, 2.05) is 5.48 Å². The molecule has 0 atom stereocenters. The van der Waals surface area contributed by atoms with Crippen molar-refractivity contribution in [1.29, 1.82) is 0 Å². The molecule has 0 radical (unpaired) electrons. The van der Waals surface area contributed by atoms with Crippen molar-refractivity contribution < 1.29 is 5.21 Å². The van der Waals surface area contributed by atoms with E-state index < -0.39 is 0 Å². The third kappa shape index (κ3) is 5.43. The predicted molar refractivity (Wildman–Crippen MR) is 33.2 cm³/mol. The van der Waals surface area contributed by atoms with Crippen molar-refractivity contribution in [2.75, 3.05) is 6.54 Å². The summed E-state index contributed by atoms with van der Waals surface area (Å²) >= 11 is 0. The van der Waals surface area contributed by atoms with Crippen LogP contribution in [0.4, 0.5) is 0 Å². The van der Waals surface area contributed by atoms with Crippen molar-refractivity contribution in [2.45, 2.75) is 19.8 Å². The molecule has 0 amide bonds. The molecule has 0 fully saturated rings. The highest BCUT2D eigenvalue weighted by molar-refractivity contribution is 5.51. The van der Waals surface area contributed by atoms with E-state index in [0.717, 1.165) is 19.4 Å². The molecule has 0 saturated heterocycles. The summed E-state index contributed by atoms with van der Waals surface area (Å²) < 4.78 is 0. The van der Waals surface area contributed by atoms with E-state index in [-0.39, 0.29) is 0 Å². The number of hydroxylamine groups is 1. The molecule has 3 nitrogen and oxygen atoms in total. The molecule has 0 heterocycles. The number of unbranched alkanes of at least 4 members (excludes halogenated alkanes) is 1. The Labute approximate surface area is 49.4 Å². The van der Waals surface area contributed by atoms with Crippen molar-refractivity contribution in [2.24, 2.45) is 4.99 Å². The molecule has 0 rings (SSSR count). The number of hydrogen-bond acceptors (Lipinski definition) is 2. The van der Waals surface area contributed by atoms with Crippen molar-refractivity contribution in [3.63, 3.8) is 0 Å². The van der Waals surface area contributed by atoms with E-state index in [9.17, 15) is 0 Å². The molecule has 0 aliphatic carbocycles. The van der Waals surface area contributed by atoms with Gasteiger partial charge in [-0.3, -0.25) is 15.7 Å². The zero-order valence-corrected chi connectivity index (χ0v) is 5.09. The van der Waals surface area contributed by atoms with Gasteiger partial charge in [0.25, 0.3) is 0 Å². The Bertz CT molecular complexity index is 63.4. The first-order chi connectivity index (χ1) is 3.91. The maximum atomic E-state index is 7.97. The van der Waals surface area contributed by atoms with E-state index in [1.54, 1.807) is 0 Å². The number of aliphatic imine (C=N–C) groups is 1. The molecule has 48 valence electrons. The van der Waals surface area contributed by atoms with Crippen LogP contribution in [0.15, 0.2) is 4.99 Å². The lowest BCUT2D eigenvalue weighted by atomic mass is 10.3. The van der Waals surface area contributed by atoms with E-state index >= 15 is 0 Å². The third-order valence-electron chi connectivity index (χ3n) is 0.790. The average Bonchev–Trinajstić information content (AvgIpc) is 1.81. The van der Waals surface area contributed by atoms with Crippen LogP contribution in [0.1, 0.15) is 19.8 Å². The summed E-state index contributed by atoms with van der Waals surface area (Å²) in [7, 11) is 0. The smallest absolute Gasteiger partial charge is 0.107 e. The van der Waals surface area contributed by atoms with Crippen LogP contribution in [0.25, 0.3) is 0 Å². The van der Waals surface area contributed by atoms with Gasteiger partial charge in [-0.25, -0.2) is 0 Å². The number of rotatable bonds is 4. The minimum absolute atomic E-state index is 0.796. The minimum atomic E-state index is 0.796. The topological polar surface area (TPSA) is 44.6 Å². The highest BCUT2D eigenvalue weighted by atomic mass is 16.5. The lowest BCUT2D eigenvalue weighted by Gasteiger charge is -1.87. The molecule has 0 aromatic carbocycles. The normalized spacial score (nSPS) is 10.2. The molecule has 0 aromatic heterocycles. The highest BCUT2D eigenvalue weighted by Crippen LogP contribution is 1.84. The highest BCUT2D eigenvalue weighted by Gasteiger charge is 1.74. The lowest BCUT2D eigenvalue weighted by Crippen LogP contribution is -2.02. The van der Waals surface area contributed by atoms with Crippen LogP contribution in [-0.2, 0) is 0 Å². The number of nitrogens with one attached hydrogen (secondary N) is 1. The monoisotopic (exact) mass is 116 g/mol. The molecular weight excluding hydrogens is 104 g/mol. The Morgan fingerprint density at radius 2 is 2.50 bits per heavy atom. The van der Waals surface area contributed by atoms with Gasteiger partial charge < -0.3 is 0 Å². The fraction of sp³-hybridized carbons (Fsp3) is 0.800. The maximum absolute atomic E-state index is 7.97. The molecular formula is C5H12N2O. The van der Waals surface area contributed by atoms with Gasteiger partial charge in [0.05, 0.1) is 0 Å². The molecule has 0 unspecified atom stereocenters. The van der Waals surface area contributed by atoms with Crippen molar-refractivity contribution in [3.8, 4) is 0 Å². The Morgan fingerprint density at radius 1 is 1.75 bits per heavy atom. The standard InChI is InChI=1S/C5H12N2O/c1-2-3-4-6-5-7-8/h5,8H,2-4H2,1H3,(H,6,7). The largest absolute Gasteiger partial charge is 0.290 e. The summed E-state index contributed by atoms with van der Waals surface area (Å²) in [5.41, 5.74) is 1.83. The van der Waals surface area contributed by atoms with Crippen LogP contribution >= 0.6 is 0 Å². The van der Waals surface area contributed by atoms with Crippen molar-refractivity contribution >= 4 is 6.34 Å².